The first-order chi connectivity index (χ1) is 10.5. The molecule has 0 bridgehead atoms. The van der Waals surface area contributed by atoms with Crippen molar-refractivity contribution in [2.75, 3.05) is 0 Å². The highest BCUT2D eigenvalue weighted by atomic mass is 35.5. The third-order valence-corrected chi connectivity index (χ3v) is 4.48. The van der Waals surface area contributed by atoms with E-state index in [4.69, 9.17) is 33.5 Å². The molecule has 1 fully saturated rings. The molecule has 1 aromatic carbocycles. The van der Waals surface area contributed by atoms with Gasteiger partial charge in [0.25, 0.3) is 5.91 Å². The van der Waals surface area contributed by atoms with Crippen LogP contribution in [0.15, 0.2) is 22.7 Å². The van der Waals surface area contributed by atoms with E-state index in [0.717, 1.165) is 19.3 Å². The molecule has 1 heterocycles. The fourth-order valence-corrected chi connectivity index (χ4v) is 2.50. The third-order valence-electron chi connectivity index (χ3n) is 3.74. The van der Waals surface area contributed by atoms with Crippen LogP contribution in [0.1, 0.15) is 41.3 Å². The number of nitrogens with one attached hydrogen (secondary N) is 1. The topological polar surface area (TPSA) is 94.0 Å². The van der Waals surface area contributed by atoms with Gasteiger partial charge in [-0.2, -0.15) is 4.98 Å². The van der Waals surface area contributed by atoms with Crippen LogP contribution in [0.2, 0.25) is 10.0 Å². The first-order valence-corrected chi connectivity index (χ1v) is 7.59. The van der Waals surface area contributed by atoms with Crippen molar-refractivity contribution in [1.82, 2.24) is 15.5 Å². The van der Waals surface area contributed by atoms with Crippen LogP contribution in [0, 0.1) is 0 Å². The zero-order chi connectivity index (χ0) is 15.7. The minimum absolute atomic E-state index is 0. The molecule has 1 aromatic heterocycles. The Morgan fingerprint density at radius 1 is 1.35 bits per heavy atom. The Morgan fingerprint density at radius 3 is 2.70 bits per heavy atom. The number of aromatic nitrogens is 2. The van der Waals surface area contributed by atoms with Gasteiger partial charge in [0.1, 0.15) is 0 Å². The van der Waals surface area contributed by atoms with Crippen LogP contribution >= 0.6 is 35.6 Å². The fraction of sp³-hybridized carbons (Fsp3) is 0.357. The van der Waals surface area contributed by atoms with E-state index in [1.165, 1.54) is 6.07 Å². The second-order valence-corrected chi connectivity index (χ2v) is 6.15. The van der Waals surface area contributed by atoms with Crippen molar-refractivity contribution in [1.29, 1.82) is 0 Å². The van der Waals surface area contributed by atoms with Crippen LogP contribution < -0.4 is 11.1 Å². The predicted octanol–water partition coefficient (Wildman–Crippen LogP) is 3.07. The number of benzene rings is 1. The first-order valence-electron chi connectivity index (χ1n) is 6.83. The average Bonchev–Trinajstić information content (AvgIpc) is 2.94. The normalized spacial score (nSPS) is 15.4. The number of nitrogens with zero attached hydrogens (tertiary/aromatic N) is 2. The van der Waals surface area contributed by atoms with Crippen LogP contribution in [0.4, 0.5) is 0 Å². The smallest absolute Gasteiger partial charge is 0.251 e. The Bertz CT molecular complexity index is 716. The molecule has 124 valence electrons. The van der Waals surface area contributed by atoms with E-state index in [-0.39, 0.29) is 24.9 Å². The Kier molecular flexibility index (Phi) is 5.52. The Balaban J connectivity index is 0.00000192. The number of carbonyl (C=O) groups excluding carboxylic acids is 1. The van der Waals surface area contributed by atoms with Crippen LogP contribution in [0.5, 0.6) is 0 Å². The van der Waals surface area contributed by atoms with Gasteiger partial charge in [-0.15, -0.1) is 12.4 Å². The van der Waals surface area contributed by atoms with Gasteiger partial charge in [0.05, 0.1) is 22.1 Å². The molecule has 0 aliphatic heterocycles. The van der Waals surface area contributed by atoms with Gasteiger partial charge in [-0.3, -0.25) is 4.79 Å². The fourth-order valence-electron chi connectivity index (χ4n) is 2.21. The maximum atomic E-state index is 12.0. The summed E-state index contributed by atoms with van der Waals surface area (Å²) in [6, 6.07) is 4.66. The summed E-state index contributed by atoms with van der Waals surface area (Å²) in [5, 5.41) is 7.29. The van der Waals surface area contributed by atoms with Crippen molar-refractivity contribution in [3.05, 3.63) is 45.5 Å². The Morgan fingerprint density at radius 2 is 2.09 bits per heavy atom. The molecule has 0 unspecified atom stereocenters. The summed E-state index contributed by atoms with van der Waals surface area (Å²) >= 11 is 11.7. The standard InChI is InChI=1S/C14H14Cl2N4O2.ClH/c15-9-3-2-8(6-10(9)16)12(21)18-7-11-19-13(20-22-11)14(17)4-1-5-14;/h2-3,6H,1,4-5,7,17H2,(H,18,21);1H. The maximum absolute atomic E-state index is 12.0. The number of carbonyl (C=O) groups is 1. The van der Waals surface area contributed by atoms with E-state index in [2.05, 4.69) is 15.5 Å². The van der Waals surface area contributed by atoms with Gasteiger partial charge in [-0.1, -0.05) is 28.4 Å². The highest BCUT2D eigenvalue weighted by Gasteiger charge is 2.38. The molecular weight excluding hydrogens is 363 g/mol. The number of nitrogens with two attached hydrogens (primary N) is 1. The molecule has 0 atom stereocenters. The minimum Gasteiger partial charge on any atom is -0.343 e. The molecule has 1 aliphatic rings. The van der Waals surface area contributed by atoms with E-state index >= 15 is 0 Å². The van der Waals surface area contributed by atoms with Crippen LogP contribution in [0.25, 0.3) is 0 Å². The molecular formula is C14H15Cl3N4O2. The highest BCUT2D eigenvalue weighted by molar-refractivity contribution is 6.42. The zero-order valence-electron chi connectivity index (χ0n) is 12.0. The first kappa shape index (κ1) is 18.0. The van der Waals surface area contributed by atoms with Gasteiger partial charge in [-0.05, 0) is 37.5 Å². The molecule has 2 aromatic rings. The summed E-state index contributed by atoms with van der Waals surface area (Å²) < 4.78 is 5.11. The molecule has 0 saturated heterocycles. The van der Waals surface area contributed by atoms with Crippen molar-refractivity contribution in [3.63, 3.8) is 0 Å². The monoisotopic (exact) mass is 376 g/mol. The summed E-state index contributed by atoms with van der Waals surface area (Å²) in [6.07, 6.45) is 2.76. The molecule has 3 rings (SSSR count). The maximum Gasteiger partial charge on any atom is 0.251 e. The van der Waals surface area contributed by atoms with E-state index in [9.17, 15) is 4.79 Å². The molecule has 9 heteroatoms. The molecule has 0 radical (unpaired) electrons. The van der Waals surface area contributed by atoms with Gasteiger partial charge >= 0.3 is 0 Å². The second-order valence-electron chi connectivity index (χ2n) is 5.33. The Hall–Kier alpha value is -1.34. The summed E-state index contributed by atoms with van der Waals surface area (Å²) in [4.78, 5) is 16.3. The molecule has 1 amide bonds. The summed E-state index contributed by atoms with van der Waals surface area (Å²) in [6.45, 7) is 0.127. The van der Waals surface area contributed by atoms with Gasteiger partial charge in [-0.25, -0.2) is 0 Å². The van der Waals surface area contributed by atoms with Crippen LogP contribution in [0.3, 0.4) is 0 Å². The van der Waals surface area contributed by atoms with Gasteiger partial charge in [0, 0.05) is 5.56 Å². The lowest BCUT2D eigenvalue weighted by Gasteiger charge is -2.34. The highest BCUT2D eigenvalue weighted by Crippen LogP contribution is 2.36. The average molecular weight is 378 g/mol. The van der Waals surface area contributed by atoms with Crippen molar-refractivity contribution < 1.29 is 9.32 Å². The molecule has 0 spiro atoms. The minimum atomic E-state index is -0.477. The zero-order valence-corrected chi connectivity index (χ0v) is 14.3. The van der Waals surface area contributed by atoms with Crippen molar-refractivity contribution >= 4 is 41.5 Å². The largest absolute Gasteiger partial charge is 0.343 e. The Labute approximate surface area is 149 Å². The lowest BCUT2D eigenvalue weighted by Crippen LogP contribution is -2.44. The van der Waals surface area contributed by atoms with Crippen molar-refractivity contribution in [3.8, 4) is 0 Å². The number of amides is 1. The third kappa shape index (κ3) is 3.77. The van der Waals surface area contributed by atoms with Crippen molar-refractivity contribution in [2.45, 2.75) is 31.3 Å². The molecule has 3 N–H and O–H groups in total. The number of hydrogen-bond acceptors (Lipinski definition) is 5. The number of rotatable bonds is 4. The molecule has 6 nitrogen and oxygen atoms in total. The number of halogens is 3. The summed E-state index contributed by atoms with van der Waals surface area (Å²) in [5.74, 6) is 0.516. The van der Waals surface area contributed by atoms with E-state index in [1.54, 1.807) is 12.1 Å². The molecule has 1 aliphatic carbocycles. The van der Waals surface area contributed by atoms with Gasteiger partial charge < -0.3 is 15.6 Å². The quantitative estimate of drug-likeness (QED) is 0.854. The van der Waals surface area contributed by atoms with E-state index < -0.39 is 5.54 Å². The van der Waals surface area contributed by atoms with Crippen LogP contribution in [-0.2, 0) is 12.1 Å². The van der Waals surface area contributed by atoms with Gasteiger partial charge in [0.2, 0.25) is 5.89 Å². The van der Waals surface area contributed by atoms with E-state index in [0.29, 0.717) is 27.3 Å². The number of hydrogen-bond donors (Lipinski definition) is 2. The lowest BCUT2D eigenvalue weighted by molar-refractivity contribution is 0.0946. The van der Waals surface area contributed by atoms with Crippen LogP contribution in [-0.4, -0.2) is 16.0 Å². The van der Waals surface area contributed by atoms with Crippen molar-refractivity contribution in [2.24, 2.45) is 5.73 Å². The molecule has 1 saturated carbocycles. The summed E-state index contributed by atoms with van der Waals surface area (Å²) in [7, 11) is 0. The van der Waals surface area contributed by atoms with Gasteiger partial charge in [0.15, 0.2) is 5.82 Å². The summed E-state index contributed by atoms with van der Waals surface area (Å²) in [5.41, 5.74) is 6.04. The predicted molar refractivity (Wildman–Crippen MR) is 88.9 cm³/mol. The SMILES string of the molecule is Cl.NC1(c2noc(CNC(=O)c3ccc(Cl)c(Cl)c3)n2)CCC1. The second kappa shape index (κ2) is 7.05. The lowest BCUT2D eigenvalue weighted by atomic mass is 9.77. The molecule has 23 heavy (non-hydrogen) atoms. The van der Waals surface area contributed by atoms with E-state index in [1.807, 2.05) is 0 Å².